The average molecular weight is 402 g/mol. The molecule has 2 aromatic rings. The Bertz CT molecular complexity index is 735. The minimum absolute atomic E-state index is 0.372. The molecule has 7 heteroatoms. The summed E-state index contributed by atoms with van der Waals surface area (Å²) in [5.74, 6) is 0.0694. The molecule has 4 nitrogen and oxygen atoms in total. The van der Waals surface area contributed by atoms with Crippen LogP contribution in [0.1, 0.15) is 15.9 Å². The Morgan fingerprint density at radius 3 is 2.73 bits per heavy atom. The Labute approximate surface area is 146 Å². The summed E-state index contributed by atoms with van der Waals surface area (Å²) >= 11 is 15.1. The number of carbonyl (C=O) groups is 1. The monoisotopic (exact) mass is 400 g/mol. The van der Waals surface area contributed by atoms with E-state index in [1.165, 1.54) is 13.3 Å². The number of benzene rings is 2. The van der Waals surface area contributed by atoms with E-state index in [4.69, 9.17) is 27.9 Å². The molecule has 0 aliphatic heterocycles. The topological polar surface area (TPSA) is 50.7 Å². The van der Waals surface area contributed by atoms with Gasteiger partial charge in [0.2, 0.25) is 0 Å². The maximum atomic E-state index is 12.1. The number of carbonyl (C=O) groups excluding carboxylic acids is 1. The SMILES string of the molecule is COc1ccc(Br)cc1C(=O)N/N=C\c1ccc(Cl)cc1Cl. The highest BCUT2D eigenvalue weighted by molar-refractivity contribution is 9.10. The molecule has 0 aliphatic carbocycles. The molecule has 114 valence electrons. The molecule has 0 unspecified atom stereocenters. The van der Waals surface area contributed by atoms with E-state index in [1.807, 2.05) is 0 Å². The first-order chi connectivity index (χ1) is 10.5. The van der Waals surface area contributed by atoms with Crippen molar-refractivity contribution in [1.29, 1.82) is 0 Å². The molecule has 0 bridgehead atoms. The Morgan fingerprint density at radius 1 is 1.27 bits per heavy atom. The van der Waals surface area contributed by atoms with Gasteiger partial charge in [0.1, 0.15) is 5.75 Å². The minimum atomic E-state index is -0.389. The molecule has 0 aliphatic rings. The first-order valence-electron chi connectivity index (χ1n) is 6.13. The van der Waals surface area contributed by atoms with Crippen LogP contribution >= 0.6 is 39.1 Å². The standard InChI is InChI=1S/C15H11BrCl2N2O2/c1-22-14-5-3-10(16)6-12(14)15(21)20-19-8-9-2-4-11(17)7-13(9)18/h2-8H,1H3,(H,20,21)/b19-8-. The van der Waals surface area contributed by atoms with Gasteiger partial charge in [0, 0.05) is 15.1 Å². The summed E-state index contributed by atoms with van der Waals surface area (Å²) in [6, 6.07) is 10.1. The van der Waals surface area contributed by atoms with E-state index < -0.39 is 0 Å². The third kappa shape index (κ3) is 4.22. The second kappa shape index (κ2) is 7.63. The number of hydrazone groups is 1. The fourth-order valence-corrected chi connectivity index (χ4v) is 2.50. The molecular weight excluding hydrogens is 391 g/mol. The van der Waals surface area contributed by atoms with Crippen LogP contribution < -0.4 is 10.2 Å². The van der Waals surface area contributed by atoms with Gasteiger partial charge in [0.05, 0.1) is 23.9 Å². The number of ether oxygens (including phenoxy) is 1. The number of hydrogen-bond donors (Lipinski definition) is 1. The Morgan fingerprint density at radius 2 is 2.05 bits per heavy atom. The van der Waals surface area contributed by atoms with Crippen molar-refractivity contribution in [2.75, 3.05) is 7.11 Å². The quantitative estimate of drug-likeness (QED) is 0.604. The molecule has 0 saturated heterocycles. The number of methoxy groups -OCH3 is 1. The third-order valence-corrected chi connectivity index (χ3v) is 3.79. The molecule has 2 rings (SSSR count). The zero-order valence-corrected chi connectivity index (χ0v) is 14.5. The van der Waals surface area contributed by atoms with Crippen molar-refractivity contribution in [3.05, 3.63) is 62.0 Å². The van der Waals surface area contributed by atoms with Crippen molar-refractivity contribution >= 4 is 51.3 Å². The van der Waals surface area contributed by atoms with Crippen LogP contribution in [0.5, 0.6) is 5.75 Å². The van der Waals surface area contributed by atoms with Gasteiger partial charge in [-0.2, -0.15) is 5.10 Å². The molecule has 0 heterocycles. The predicted molar refractivity (Wildman–Crippen MR) is 92.2 cm³/mol. The summed E-state index contributed by atoms with van der Waals surface area (Å²) in [4.78, 5) is 12.1. The minimum Gasteiger partial charge on any atom is -0.496 e. The number of nitrogens with one attached hydrogen (secondary N) is 1. The van der Waals surface area contributed by atoms with Gasteiger partial charge >= 0.3 is 0 Å². The molecule has 0 saturated carbocycles. The van der Waals surface area contributed by atoms with Gasteiger partial charge in [-0.15, -0.1) is 0 Å². The van der Waals surface area contributed by atoms with Crippen molar-refractivity contribution in [2.45, 2.75) is 0 Å². The van der Waals surface area contributed by atoms with Gasteiger partial charge in [-0.1, -0.05) is 45.2 Å². The van der Waals surface area contributed by atoms with Crippen molar-refractivity contribution < 1.29 is 9.53 Å². The van der Waals surface area contributed by atoms with E-state index in [9.17, 15) is 4.79 Å². The smallest absolute Gasteiger partial charge is 0.275 e. The molecule has 22 heavy (non-hydrogen) atoms. The van der Waals surface area contributed by atoms with Crippen LogP contribution in [0.15, 0.2) is 46.0 Å². The largest absolute Gasteiger partial charge is 0.496 e. The van der Waals surface area contributed by atoms with Gasteiger partial charge in [-0.05, 0) is 30.3 Å². The van der Waals surface area contributed by atoms with Gasteiger partial charge in [-0.3, -0.25) is 4.79 Å². The summed E-state index contributed by atoms with van der Waals surface area (Å²) in [5.41, 5.74) is 3.45. The van der Waals surface area contributed by atoms with Crippen molar-refractivity contribution in [3.8, 4) is 5.75 Å². The molecule has 0 aromatic heterocycles. The van der Waals surface area contributed by atoms with Crippen molar-refractivity contribution in [3.63, 3.8) is 0 Å². The highest BCUT2D eigenvalue weighted by Gasteiger charge is 2.12. The number of halogens is 3. The van der Waals surface area contributed by atoms with Gasteiger partial charge in [0.15, 0.2) is 0 Å². The van der Waals surface area contributed by atoms with Gasteiger partial charge < -0.3 is 4.74 Å². The van der Waals surface area contributed by atoms with Crippen LogP contribution in [-0.2, 0) is 0 Å². The van der Waals surface area contributed by atoms with E-state index in [1.54, 1.807) is 36.4 Å². The zero-order valence-electron chi connectivity index (χ0n) is 11.4. The Hall–Kier alpha value is -1.56. The first-order valence-corrected chi connectivity index (χ1v) is 7.68. The molecule has 0 fully saturated rings. The van der Waals surface area contributed by atoms with E-state index in [0.717, 1.165) is 4.47 Å². The fraction of sp³-hybridized carbons (Fsp3) is 0.0667. The van der Waals surface area contributed by atoms with Crippen LogP contribution in [0.2, 0.25) is 10.0 Å². The van der Waals surface area contributed by atoms with Crippen LogP contribution in [0, 0.1) is 0 Å². The second-order valence-electron chi connectivity index (χ2n) is 4.21. The third-order valence-electron chi connectivity index (χ3n) is 2.74. The summed E-state index contributed by atoms with van der Waals surface area (Å²) in [5, 5.41) is 4.87. The first kappa shape index (κ1) is 16.8. The molecule has 0 radical (unpaired) electrons. The summed E-state index contributed by atoms with van der Waals surface area (Å²) < 4.78 is 5.92. The van der Waals surface area contributed by atoms with Crippen LogP contribution in [0.4, 0.5) is 0 Å². The summed E-state index contributed by atoms with van der Waals surface area (Å²) in [6.07, 6.45) is 1.45. The van der Waals surface area contributed by atoms with E-state index >= 15 is 0 Å². The van der Waals surface area contributed by atoms with Crippen LogP contribution in [-0.4, -0.2) is 19.2 Å². The normalized spacial score (nSPS) is 10.7. The van der Waals surface area contributed by atoms with E-state index in [-0.39, 0.29) is 5.91 Å². The number of rotatable bonds is 4. The lowest BCUT2D eigenvalue weighted by atomic mass is 10.2. The highest BCUT2D eigenvalue weighted by atomic mass is 79.9. The summed E-state index contributed by atoms with van der Waals surface area (Å²) in [7, 11) is 1.50. The average Bonchev–Trinajstić information content (AvgIpc) is 2.49. The number of nitrogens with zero attached hydrogens (tertiary/aromatic N) is 1. The predicted octanol–water partition coefficient (Wildman–Crippen LogP) is 4.53. The molecule has 2 aromatic carbocycles. The van der Waals surface area contributed by atoms with Crippen molar-refractivity contribution in [2.24, 2.45) is 5.10 Å². The summed E-state index contributed by atoms with van der Waals surface area (Å²) in [6.45, 7) is 0. The second-order valence-corrected chi connectivity index (χ2v) is 5.97. The maximum Gasteiger partial charge on any atom is 0.275 e. The molecule has 1 amide bonds. The Balaban J connectivity index is 2.13. The van der Waals surface area contributed by atoms with Crippen LogP contribution in [0.25, 0.3) is 0 Å². The van der Waals surface area contributed by atoms with E-state index in [2.05, 4.69) is 26.5 Å². The molecule has 1 N–H and O–H groups in total. The lowest BCUT2D eigenvalue weighted by Crippen LogP contribution is -2.18. The van der Waals surface area contributed by atoms with Gasteiger partial charge in [-0.25, -0.2) is 5.43 Å². The van der Waals surface area contributed by atoms with E-state index in [0.29, 0.717) is 26.9 Å². The molecule has 0 atom stereocenters. The van der Waals surface area contributed by atoms with Crippen molar-refractivity contribution in [1.82, 2.24) is 5.43 Å². The lowest BCUT2D eigenvalue weighted by Gasteiger charge is -2.07. The molecular formula is C15H11BrCl2N2O2. The highest BCUT2D eigenvalue weighted by Crippen LogP contribution is 2.23. The van der Waals surface area contributed by atoms with Gasteiger partial charge in [0.25, 0.3) is 5.91 Å². The number of hydrogen-bond acceptors (Lipinski definition) is 3. The fourth-order valence-electron chi connectivity index (χ4n) is 1.68. The zero-order chi connectivity index (χ0) is 16.1. The Kier molecular flexibility index (Phi) is 5.83. The molecule has 0 spiro atoms. The lowest BCUT2D eigenvalue weighted by molar-refractivity contribution is 0.0952. The maximum absolute atomic E-state index is 12.1. The van der Waals surface area contributed by atoms with Crippen LogP contribution in [0.3, 0.4) is 0 Å². The number of amides is 1.